The number of aryl methyl sites for hydroxylation is 1. The number of amides is 1. The summed E-state index contributed by atoms with van der Waals surface area (Å²) >= 11 is 0. The van der Waals surface area contributed by atoms with E-state index in [1.165, 1.54) is 18.9 Å². The number of nitrogens with zero attached hydrogens (tertiary/aromatic N) is 5. The second-order valence-electron chi connectivity index (χ2n) is 6.49. The van der Waals surface area contributed by atoms with Gasteiger partial charge in [0.15, 0.2) is 5.82 Å². The highest BCUT2D eigenvalue weighted by atomic mass is 16.5. The number of carbonyl (C=O) groups is 1. The zero-order valence-electron chi connectivity index (χ0n) is 14.4. The summed E-state index contributed by atoms with van der Waals surface area (Å²) < 4.78 is 1.73. The maximum absolute atomic E-state index is 11.0. The van der Waals surface area contributed by atoms with E-state index in [0.717, 1.165) is 37.3 Å². The van der Waals surface area contributed by atoms with E-state index in [0.29, 0.717) is 12.0 Å². The van der Waals surface area contributed by atoms with Gasteiger partial charge < -0.3 is 0 Å². The molecule has 2 atom stereocenters. The third kappa shape index (κ3) is 4.40. The average Bonchev–Trinajstić information content (AvgIpc) is 3.27. The number of likely N-dealkylation sites (tertiary alicyclic amines) is 1. The van der Waals surface area contributed by atoms with Crippen molar-refractivity contribution in [2.45, 2.75) is 31.7 Å². The van der Waals surface area contributed by atoms with Crippen LogP contribution in [0.1, 0.15) is 25.1 Å². The molecule has 1 amide bonds. The standard InChI is InChI=1S/C17H24N6O2/c1-22-16(18-20-21-22)10-12-23-11-2-3-15(23)14-7-4-13(5-8-14)6-9-17(24)19-25/h4-7,9,14-15,25H,2-3,8,10-12H2,1H3,(H,19,24)/b9-6+/t14?,15-/m0/s1. The zero-order chi connectivity index (χ0) is 17.6. The largest absolute Gasteiger partial charge is 0.299 e. The summed E-state index contributed by atoms with van der Waals surface area (Å²) in [5.74, 6) is 0.889. The molecule has 1 aliphatic heterocycles. The molecule has 0 aromatic carbocycles. The molecular formula is C17H24N6O2. The number of allylic oxidation sites excluding steroid dienone is 4. The van der Waals surface area contributed by atoms with E-state index in [1.807, 2.05) is 7.05 Å². The number of nitrogens with one attached hydrogen (secondary N) is 1. The van der Waals surface area contributed by atoms with Crippen molar-refractivity contribution in [2.24, 2.45) is 13.0 Å². The average molecular weight is 344 g/mol. The van der Waals surface area contributed by atoms with E-state index >= 15 is 0 Å². The summed E-state index contributed by atoms with van der Waals surface area (Å²) in [5.41, 5.74) is 2.59. The first kappa shape index (κ1) is 17.5. The lowest BCUT2D eigenvalue weighted by atomic mass is 9.88. The summed E-state index contributed by atoms with van der Waals surface area (Å²) in [5, 5.41) is 20.1. The Hall–Kier alpha value is -2.32. The van der Waals surface area contributed by atoms with E-state index in [2.05, 4.69) is 38.7 Å². The molecule has 0 bridgehead atoms. The van der Waals surface area contributed by atoms with E-state index in [1.54, 1.807) is 16.2 Å². The lowest BCUT2D eigenvalue weighted by Gasteiger charge is -2.30. The first-order valence-corrected chi connectivity index (χ1v) is 8.63. The van der Waals surface area contributed by atoms with Crippen molar-refractivity contribution in [3.8, 4) is 0 Å². The summed E-state index contributed by atoms with van der Waals surface area (Å²) in [6.07, 6.45) is 13.7. The third-order valence-corrected chi connectivity index (χ3v) is 4.94. The number of tetrazole rings is 1. The van der Waals surface area contributed by atoms with Crippen LogP contribution in [0.3, 0.4) is 0 Å². The first-order valence-electron chi connectivity index (χ1n) is 8.63. The molecule has 1 aromatic heterocycles. The van der Waals surface area contributed by atoms with Crippen molar-refractivity contribution in [3.63, 3.8) is 0 Å². The molecule has 1 saturated heterocycles. The van der Waals surface area contributed by atoms with Crippen molar-refractivity contribution in [1.29, 1.82) is 0 Å². The van der Waals surface area contributed by atoms with E-state index in [-0.39, 0.29) is 0 Å². The molecule has 1 aromatic rings. The maximum atomic E-state index is 11.0. The summed E-state index contributed by atoms with van der Waals surface area (Å²) in [6.45, 7) is 2.09. The van der Waals surface area contributed by atoms with Crippen LogP contribution in [-0.4, -0.2) is 55.4 Å². The Bertz CT molecular complexity index is 693. The molecule has 1 unspecified atom stereocenters. The highest BCUT2D eigenvalue weighted by Gasteiger charge is 2.30. The van der Waals surface area contributed by atoms with Gasteiger partial charge in [0.1, 0.15) is 0 Å². The van der Waals surface area contributed by atoms with E-state index in [4.69, 9.17) is 5.21 Å². The predicted molar refractivity (Wildman–Crippen MR) is 91.5 cm³/mol. The molecule has 3 rings (SSSR count). The molecule has 2 N–H and O–H groups in total. The minimum atomic E-state index is -0.517. The van der Waals surface area contributed by atoms with Gasteiger partial charge in [-0.2, -0.15) is 0 Å². The second-order valence-corrected chi connectivity index (χ2v) is 6.49. The number of hydrogen-bond acceptors (Lipinski definition) is 6. The highest BCUT2D eigenvalue weighted by molar-refractivity contribution is 5.87. The Kier molecular flexibility index (Phi) is 5.72. The van der Waals surface area contributed by atoms with Crippen LogP contribution in [0, 0.1) is 5.92 Å². The van der Waals surface area contributed by atoms with Crippen LogP contribution in [0.15, 0.2) is 36.0 Å². The molecule has 2 aliphatic rings. The van der Waals surface area contributed by atoms with Gasteiger partial charge in [0.25, 0.3) is 5.91 Å². The second kappa shape index (κ2) is 8.17. The Balaban J connectivity index is 1.54. The molecule has 25 heavy (non-hydrogen) atoms. The number of hydrogen-bond donors (Lipinski definition) is 2. The van der Waals surface area contributed by atoms with Crippen LogP contribution in [0.4, 0.5) is 0 Å². The predicted octanol–water partition coefficient (Wildman–Crippen LogP) is 0.781. The Morgan fingerprint density at radius 3 is 3.08 bits per heavy atom. The zero-order valence-corrected chi connectivity index (χ0v) is 14.4. The molecule has 8 nitrogen and oxygen atoms in total. The molecular weight excluding hydrogens is 320 g/mol. The Labute approximate surface area is 146 Å². The van der Waals surface area contributed by atoms with Gasteiger partial charge in [-0.1, -0.05) is 18.2 Å². The van der Waals surface area contributed by atoms with Crippen molar-refractivity contribution in [1.82, 2.24) is 30.6 Å². The first-order chi connectivity index (χ1) is 12.2. The van der Waals surface area contributed by atoms with Gasteiger partial charge in [0, 0.05) is 32.1 Å². The van der Waals surface area contributed by atoms with Crippen LogP contribution in [0.25, 0.3) is 0 Å². The molecule has 1 aliphatic carbocycles. The van der Waals surface area contributed by atoms with Crippen LogP contribution in [0.2, 0.25) is 0 Å². The van der Waals surface area contributed by atoms with Crippen molar-refractivity contribution in [3.05, 3.63) is 41.8 Å². The molecule has 0 radical (unpaired) electrons. The van der Waals surface area contributed by atoms with Crippen LogP contribution in [0.5, 0.6) is 0 Å². The molecule has 1 fully saturated rings. The fourth-order valence-electron chi connectivity index (χ4n) is 3.59. The lowest BCUT2D eigenvalue weighted by Crippen LogP contribution is -2.37. The fraction of sp³-hybridized carbons (Fsp3) is 0.529. The van der Waals surface area contributed by atoms with E-state index in [9.17, 15) is 4.79 Å². The highest BCUT2D eigenvalue weighted by Crippen LogP contribution is 2.30. The SMILES string of the molecule is Cn1nnnc1CCN1CCC[C@H]1C1C=CC(/C=C/C(=O)NO)=CC1. The number of aromatic nitrogens is 4. The van der Waals surface area contributed by atoms with Crippen LogP contribution < -0.4 is 5.48 Å². The molecule has 134 valence electrons. The number of carbonyl (C=O) groups excluding carboxylic acids is 1. The molecule has 0 saturated carbocycles. The van der Waals surface area contributed by atoms with Crippen molar-refractivity contribution in [2.75, 3.05) is 13.1 Å². The fourth-order valence-corrected chi connectivity index (χ4v) is 3.59. The van der Waals surface area contributed by atoms with Gasteiger partial charge in [-0.15, -0.1) is 5.10 Å². The minimum Gasteiger partial charge on any atom is -0.299 e. The number of rotatable bonds is 6. The van der Waals surface area contributed by atoms with Crippen molar-refractivity contribution < 1.29 is 10.0 Å². The molecule has 0 spiro atoms. The van der Waals surface area contributed by atoms with Crippen LogP contribution >= 0.6 is 0 Å². The quantitative estimate of drug-likeness (QED) is 0.450. The monoisotopic (exact) mass is 344 g/mol. The minimum absolute atomic E-state index is 0.490. The number of hydroxylamine groups is 1. The van der Waals surface area contributed by atoms with Gasteiger partial charge in [0.05, 0.1) is 0 Å². The van der Waals surface area contributed by atoms with E-state index < -0.39 is 5.91 Å². The summed E-state index contributed by atoms with van der Waals surface area (Å²) in [4.78, 5) is 13.6. The molecule has 2 heterocycles. The summed E-state index contributed by atoms with van der Waals surface area (Å²) in [7, 11) is 1.87. The Morgan fingerprint density at radius 2 is 2.40 bits per heavy atom. The maximum Gasteiger partial charge on any atom is 0.267 e. The smallest absolute Gasteiger partial charge is 0.267 e. The van der Waals surface area contributed by atoms with Crippen LogP contribution in [-0.2, 0) is 18.3 Å². The van der Waals surface area contributed by atoms with Gasteiger partial charge in [-0.05, 0) is 53.8 Å². The van der Waals surface area contributed by atoms with Gasteiger partial charge in [-0.3, -0.25) is 14.9 Å². The molecule has 8 heteroatoms. The van der Waals surface area contributed by atoms with Gasteiger partial charge >= 0.3 is 0 Å². The lowest BCUT2D eigenvalue weighted by molar-refractivity contribution is -0.124. The van der Waals surface area contributed by atoms with Gasteiger partial charge in [0.2, 0.25) is 0 Å². The normalized spacial score (nSPS) is 24.0. The topological polar surface area (TPSA) is 96.2 Å². The Morgan fingerprint density at radius 1 is 1.52 bits per heavy atom. The third-order valence-electron chi connectivity index (χ3n) is 4.94. The van der Waals surface area contributed by atoms with Crippen molar-refractivity contribution >= 4 is 5.91 Å². The summed E-state index contributed by atoms with van der Waals surface area (Å²) in [6, 6.07) is 0.542. The van der Waals surface area contributed by atoms with Gasteiger partial charge in [-0.25, -0.2) is 10.2 Å².